The summed E-state index contributed by atoms with van der Waals surface area (Å²) in [6.07, 6.45) is 0.982. The highest BCUT2D eigenvalue weighted by molar-refractivity contribution is 14.0. The van der Waals surface area contributed by atoms with E-state index in [9.17, 15) is 9.59 Å². The minimum Gasteiger partial charge on any atom is -0.454 e. The number of guanidine groups is 1. The molecule has 0 atom stereocenters. The highest BCUT2D eigenvalue weighted by Gasteiger charge is 2.30. The molecule has 1 rings (SSSR count). The first-order chi connectivity index (χ1) is 13.0. The van der Waals surface area contributed by atoms with Gasteiger partial charge in [-0.2, -0.15) is 0 Å². The number of primary amides is 1. The highest BCUT2D eigenvalue weighted by atomic mass is 127. The Morgan fingerprint density at radius 2 is 1.79 bits per heavy atom. The maximum Gasteiger partial charge on any atom is 0.408 e. The van der Waals surface area contributed by atoms with Gasteiger partial charge in [0.15, 0.2) is 11.7 Å². The van der Waals surface area contributed by atoms with Crippen LogP contribution in [0.2, 0.25) is 0 Å². The van der Waals surface area contributed by atoms with Crippen LogP contribution in [-0.2, 0) is 11.3 Å². The van der Waals surface area contributed by atoms with Gasteiger partial charge in [-0.1, -0.05) is 13.8 Å². The number of carbonyl (C=O) groups excluding carboxylic acids is 2. The van der Waals surface area contributed by atoms with E-state index in [-0.39, 0.29) is 29.7 Å². The second kappa shape index (κ2) is 11.9. The van der Waals surface area contributed by atoms with Gasteiger partial charge in [0.1, 0.15) is 11.4 Å². The van der Waals surface area contributed by atoms with Crippen LogP contribution in [-0.4, -0.2) is 42.7 Å². The summed E-state index contributed by atoms with van der Waals surface area (Å²) in [5.41, 5.74) is 4.14. The molecular weight excluding hydrogens is 489 g/mol. The molecule has 1 aromatic heterocycles. The number of amides is 2. The number of ether oxygens (including phenoxy) is 1. The number of alkyl carbamates (subject to hydrolysis) is 1. The van der Waals surface area contributed by atoms with Crippen molar-refractivity contribution >= 4 is 41.9 Å². The van der Waals surface area contributed by atoms with E-state index in [4.69, 9.17) is 14.9 Å². The van der Waals surface area contributed by atoms with Crippen LogP contribution >= 0.6 is 24.0 Å². The van der Waals surface area contributed by atoms with E-state index >= 15 is 0 Å². The van der Waals surface area contributed by atoms with Crippen LogP contribution in [0.1, 0.15) is 63.8 Å². The van der Waals surface area contributed by atoms with Gasteiger partial charge < -0.3 is 30.8 Å². The smallest absolute Gasteiger partial charge is 0.408 e. The molecule has 0 spiro atoms. The molecule has 0 bridgehead atoms. The molecular formula is C19H34IN5O4. The van der Waals surface area contributed by atoms with E-state index in [1.165, 1.54) is 6.07 Å². The molecule has 9 nitrogen and oxygen atoms in total. The van der Waals surface area contributed by atoms with Crippen LogP contribution in [0.5, 0.6) is 0 Å². The lowest BCUT2D eigenvalue weighted by Gasteiger charge is -2.34. The van der Waals surface area contributed by atoms with E-state index in [1.54, 1.807) is 13.1 Å². The number of nitrogens with one attached hydrogen (secondary N) is 3. The lowest BCUT2D eigenvalue weighted by atomic mass is 9.93. The van der Waals surface area contributed by atoms with E-state index in [1.807, 2.05) is 34.6 Å². The Morgan fingerprint density at radius 3 is 2.24 bits per heavy atom. The fraction of sp³-hybridized carbons (Fsp3) is 0.632. The second-order valence-corrected chi connectivity index (χ2v) is 7.52. The fourth-order valence-electron chi connectivity index (χ4n) is 2.49. The van der Waals surface area contributed by atoms with Crippen LogP contribution in [0.15, 0.2) is 21.5 Å². The molecule has 5 N–H and O–H groups in total. The van der Waals surface area contributed by atoms with Crippen LogP contribution in [0.3, 0.4) is 0 Å². The maximum atomic E-state index is 12.2. The van der Waals surface area contributed by atoms with Gasteiger partial charge in [0.2, 0.25) is 0 Å². The number of carbonyl (C=O) groups is 2. The number of nitrogens with two attached hydrogens (primary N) is 1. The molecule has 10 heteroatoms. The van der Waals surface area contributed by atoms with Crippen molar-refractivity contribution in [1.29, 1.82) is 0 Å². The molecule has 0 radical (unpaired) electrons. The molecule has 166 valence electrons. The summed E-state index contributed by atoms with van der Waals surface area (Å²) in [5, 5.41) is 9.29. The van der Waals surface area contributed by atoms with Gasteiger partial charge >= 0.3 is 6.09 Å². The number of hydrogen-bond acceptors (Lipinski definition) is 5. The Hall–Kier alpha value is -1.98. The fourth-order valence-corrected chi connectivity index (χ4v) is 2.49. The van der Waals surface area contributed by atoms with Gasteiger partial charge in [-0.05, 0) is 45.7 Å². The first-order valence-corrected chi connectivity index (χ1v) is 9.38. The molecule has 29 heavy (non-hydrogen) atoms. The number of rotatable bonds is 8. The summed E-state index contributed by atoms with van der Waals surface area (Å²) >= 11 is 0. The summed E-state index contributed by atoms with van der Waals surface area (Å²) in [5.74, 6) is 0.588. The average Bonchev–Trinajstić information content (AvgIpc) is 3.08. The minimum atomic E-state index is -0.613. The van der Waals surface area contributed by atoms with Crippen molar-refractivity contribution in [2.75, 3.05) is 13.6 Å². The molecule has 2 amide bonds. The molecule has 0 aliphatic heterocycles. The quantitative estimate of drug-likeness (QED) is 0.236. The van der Waals surface area contributed by atoms with Crippen molar-refractivity contribution in [1.82, 2.24) is 16.0 Å². The van der Waals surface area contributed by atoms with Crippen molar-refractivity contribution < 1.29 is 18.7 Å². The van der Waals surface area contributed by atoms with Gasteiger partial charge in [0.05, 0.1) is 12.1 Å². The summed E-state index contributed by atoms with van der Waals surface area (Å²) in [6, 6.07) is 3.20. The van der Waals surface area contributed by atoms with Crippen molar-refractivity contribution in [2.24, 2.45) is 10.7 Å². The van der Waals surface area contributed by atoms with Gasteiger partial charge in [-0.15, -0.1) is 24.0 Å². The SMILES string of the molecule is CCC(CC)(CNC(=NC)NCc1ccc(C(N)=O)o1)NC(=O)OC(C)(C)C.I. The number of hydrogen-bond donors (Lipinski definition) is 4. The summed E-state index contributed by atoms with van der Waals surface area (Å²) in [4.78, 5) is 27.5. The molecule has 0 aliphatic carbocycles. The maximum absolute atomic E-state index is 12.2. The number of nitrogens with zero attached hydrogens (tertiary/aromatic N) is 1. The molecule has 0 saturated carbocycles. The van der Waals surface area contributed by atoms with E-state index < -0.39 is 23.1 Å². The zero-order valence-electron chi connectivity index (χ0n) is 18.0. The molecule has 0 aromatic carbocycles. The van der Waals surface area contributed by atoms with Crippen LogP contribution in [0, 0.1) is 0 Å². The van der Waals surface area contributed by atoms with Crippen molar-refractivity contribution in [3.63, 3.8) is 0 Å². The largest absolute Gasteiger partial charge is 0.454 e. The van der Waals surface area contributed by atoms with Crippen molar-refractivity contribution in [3.8, 4) is 0 Å². The molecule has 0 saturated heterocycles. The number of halogens is 1. The zero-order chi connectivity index (χ0) is 21.4. The predicted molar refractivity (Wildman–Crippen MR) is 124 cm³/mol. The average molecular weight is 523 g/mol. The molecule has 0 aliphatic rings. The first kappa shape index (κ1) is 27.0. The summed E-state index contributed by atoms with van der Waals surface area (Å²) in [7, 11) is 1.65. The van der Waals surface area contributed by atoms with Crippen LogP contribution in [0.4, 0.5) is 4.79 Å². The van der Waals surface area contributed by atoms with Crippen LogP contribution in [0.25, 0.3) is 0 Å². The standard InChI is InChI=1S/C19H33N5O4.HI/c1-7-19(8-2,24-17(26)28-18(3,4)5)12-23-16(21-6)22-11-13-9-10-14(27-13)15(20)25;/h9-10H,7-8,11-12H2,1-6H3,(H2,20,25)(H,24,26)(H2,21,22,23);1H. The van der Waals surface area contributed by atoms with Crippen molar-refractivity contribution in [3.05, 3.63) is 23.7 Å². The molecule has 1 heterocycles. The molecule has 0 unspecified atom stereocenters. The minimum absolute atomic E-state index is 0. The first-order valence-electron chi connectivity index (χ1n) is 9.38. The monoisotopic (exact) mass is 523 g/mol. The Balaban J connectivity index is 0.00000784. The zero-order valence-corrected chi connectivity index (χ0v) is 20.4. The Morgan fingerprint density at radius 1 is 1.17 bits per heavy atom. The Bertz CT molecular complexity index is 693. The third kappa shape index (κ3) is 9.37. The van der Waals surface area contributed by atoms with Gasteiger partial charge in [0.25, 0.3) is 5.91 Å². The van der Waals surface area contributed by atoms with Crippen LogP contribution < -0.4 is 21.7 Å². The van der Waals surface area contributed by atoms with E-state index in [0.29, 0.717) is 37.7 Å². The summed E-state index contributed by atoms with van der Waals surface area (Å²) < 4.78 is 10.7. The molecule has 0 fully saturated rings. The van der Waals surface area contributed by atoms with Crippen molar-refractivity contribution in [2.45, 2.75) is 65.1 Å². The normalized spacial score (nSPS) is 12.0. The topological polar surface area (TPSA) is 131 Å². The third-order valence-electron chi connectivity index (χ3n) is 4.27. The predicted octanol–water partition coefficient (Wildman–Crippen LogP) is 2.75. The van der Waals surface area contributed by atoms with E-state index in [0.717, 1.165) is 0 Å². The van der Waals surface area contributed by atoms with Gasteiger partial charge in [-0.25, -0.2) is 4.79 Å². The van der Waals surface area contributed by atoms with Gasteiger partial charge in [-0.3, -0.25) is 9.79 Å². The lowest BCUT2D eigenvalue weighted by molar-refractivity contribution is 0.0448. The number of furan rings is 1. The summed E-state index contributed by atoms with van der Waals surface area (Å²) in [6.45, 7) is 10.3. The Kier molecular flexibility index (Phi) is 11.1. The lowest BCUT2D eigenvalue weighted by Crippen LogP contribution is -2.57. The molecule has 1 aromatic rings. The Labute approximate surface area is 189 Å². The van der Waals surface area contributed by atoms with Gasteiger partial charge in [0, 0.05) is 13.6 Å². The van der Waals surface area contributed by atoms with E-state index in [2.05, 4.69) is 20.9 Å². The third-order valence-corrected chi connectivity index (χ3v) is 4.27. The second-order valence-electron chi connectivity index (χ2n) is 7.52. The highest BCUT2D eigenvalue weighted by Crippen LogP contribution is 2.16. The number of aliphatic imine (C=N–C) groups is 1.